The lowest BCUT2D eigenvalue weighted by atomic mass is 10.2. The third kappa shape index (κ3) is 3.97. The molecule has 110 valence electrons. The third-order valence-corrected chi connectivity index (χ3v) is 3.04. The van der Waals surface area contributed by atoms with Crippen LogP contribution in [-0.2, 0) is 16.1 Å². The molecule has 0 unspecified atom stereocenters. The molecular weight excluding hydrogens is 278 g/mol. The minimum Gasteiger partial charge on any atom is -0.457 e. The van der Waals surface area contributed by atoms with Gasteiger partial charge in [0.05, 0.1) is 12.1 Å². The SMILES string of the molecule is C#CCN(C=O)c1ccc(C(=O)OCc2ccccc2)cc1. The van der Waals surface area contributed by atoms with Gasteiger partial charge in [-0.2, -0.15) is 0 Å². The Kier molecular flexibility index (Phi) is 5.33. The number of anilines is 1. The van der Waals surface area contributed by atoms with E-state index in [0.717, 1.165) is 5.56 Å². The van der Waals surface area contributed by atoms with Crippen molar-refractivity contribution in [3.8, 4) is 12.3 Å². The van der Waals surface area contributed by atoms with Crippen molar-refractivity contribution in [1.82, 2.24) is 0 Å². The molecule has 2 rings (SSSR count). The van der Waals surface area contributed by atoms with Gasteiger partial charge in [-0.1, -0.05) is 36.3 Å². The second-order valence-electron chi connectivity index (χ2n) is 4.55. The van der Waals surface area contributed by atoms with E-state index in [9.17, 15) is 9.59 Å². The summed E-state index contributed by atoms with van der Waals surface area (Å²) in [5.41, 5.74) is 1.98. The first-order valence-corrected chi connectivity index (χ1v) is 6.71. The molecule has 22 heavy (non-hydrogen) atoms. The van der Waals surface area contributed by atoms with E-state index in [-0.39, 0.29) is 13.2 Å². The Morgan fingerprint density at radius 1 is 1.14 bits per heavy atom. The van der Waals surface area contributed by atoms with Gasteiger partial charge in [0.2, 0.25) is 6.41 Å². The lowest BCUT2D eigenvalue weighted by Crippen LogP contribution is -2.21. The summed E-state index contributed by atoms with van der Waals surface area (Å²) < 4.78 is 5.23. The van der Waals surface area contributed by atoms with E-state index in [2.05, 4.69) is 5.92 Å². The molecule has 0 atom stereocenters. The van der Waals surface area contributed by atoms with Gasteiger partial charge in [0, 0.05) is 5.69 Å². The number of nitrogens with zero attached hydrogens (tertiary/aromatic N) is 1. The van der Waals surface area contributed by atoms with Crippen LogP contribution in [-0.4, -0.2) is 18.9 Å². The van der Waals surface area contributed by atoms with Crippen molar-refractivity contribution in [3.63, 3.8) is 0 Å². The normalized spacial score (nSPS) is 9.59. The van der Waals surface area contributed by atoms with Gasteiger partial charge in [0.1, 0.15) is 6.61 Å². The van der Waals surface area contributed by atoms with Crippen molar-refractivity contribution in [2.24, 2.45) is 0 Å². The summed E-state index contributed by atoms with van der Waals surface area (Å²) in [7, 11) is 0. The fourth-order valence-corrected chi connectivity index (χ4v) is 1.88. The summed E-state index contributed by atoms with van der Waals surface area (Å²) >= 11 is 0. The highest BCUT2D eigenvalue weighted by molar-refractivity contribution is 5.90. The van der Waals surface area contributed by atoms with Crippen molar-refractivity contribution in [1.29, 1.82) is 0 Å². The molecule has 0 fully saturated rings. The average molecular weight is 293 g/mol. The highest BCUT2D eigenvalue weighted by Crippen LogP contribution is 2.15. The Bertz CT molecular complexity index is 672. The van der Waals surface area contributed by atoms with Gasteiger partial charge in [0.25, 0.3) is 0 Å². The molecule has 2 aromatic carbocycles. The number of hydrogen-bond acceptors (Lipinski definition) is 3. The number of rotatable bonds is 6. The molecule has 4 nitrogen and oxygen atoms in total. The van der Waals surface area contributed by atoms with Crippen LogP contribution in [0.25, 0.3) is 0 Å². The number of carbonyl (C=O) groups excluding carboxylic acids is 2. The van der Waals surface area contributed by atoms with E-state index in [1.54, 1.807) is 24.3 Å². The van der Waals surface area contributed by atoms with Crippen molar-refractivity contribution in [2.45, 2.75) is 6.61 Å². The van der Waals surface area contributed by atoms with Crippen LogP contribution < -0.4 is 4.90 Å². The topological polar surface area (TPSA) is 46.6 Å². The fraction of sp³-hybridized carbons (Fsp3) is 0.111. The summed E-state index contributed by atoms with van der Waals surface area (Å²) in [6, 6.07) is 16.0. The third-order valence-electron chi connectivity index (χ3n) is 3.04. The fourth-order valence-electron chi connectivity index (χ4n) is 1.88. The second kappa shape index (κ2) is 7.65. The summed E-state index contributed by atoms with van der Waals surface area (Å²) in [5, 5.41) is 0. The van der Waals surface area contributed by atoms with Crippen LogP contribution in [0.1, 0.15) is 15.9 Å². The Morgan fingerprint density at radius 3 is 2.41 bits per heavy atom. The lowest BCUT2D eigenvalue weighted by Gasteiger charge is -2.14. The average Bonchev–Trinajstić information content (AvgIpc) is 2.58. The maximum atomic E-state index is 12.0. The summed E-state index contributed by atoms with van der Waals surface area (Å²) in [5.74, 6) is 1.98. The molecule has 0 radical (unpaired) electrons. The molecule has 0 aliphatic rings. The van der Waals surface area contributed by atoms with Gasteiger partial charge >= 0.3 is 5.97 Å². The van der Waals surface area contributed by atoms with E-state index in [1.165, 1.54) is 4.90 Å². The predicted molar refractivity (Wildman–Crippen MR) is 84.2 cm³/mol. The van der Waals surface area contributed by atoms with Gasteiger partial charge in [-0.3, -0.25) is 4.79 Å². The predicted octanol–water partition coefficient (Wildman–Crippen LogP) is 2.64. The Hall–Kier alpha value is -3.06. The molecule has 0 spiro atoms. The Labute approximate surface area is 129 Å². The highest BCUT2D eigenvalue weighted by Gasteiger charge is 2.09. The van der Waals surface area contributed by atoms with Crippen LogP contribution in [0.2, 0.25) is 0 Å². The molecule has 0 aromatic heterocycles. The molecule has 0 N–H and O–H groups in total. The number of amides is 1. The second-order valence-corrected chi connectivity index (χ2v) is 4.55. The lowest BCUT2D eigenvalue weighted by molar-refractivity contribution is -0.107. The maximum absolute atomic E-state index is 12.0. The first-order valence-electron chi connectivity index (χ1n) is 6.71. The summed E-state index contributed by atoms with van der Waals surface area (Å²) in [4.78, 5) is 24.2. The monoisotopic (exact) mass is 293 g/mol. The summed E-state index contributed by atoms with van der Waals surface area (Å²) in [6.45, 7) is 0.403. The molecule has 0 aliphatic carbocycles. The van der Waals surface area contributed by atoms with Gasteiger partial charge in [-0.25, -0.2) is 4.79 Å². The zero-order valence-electron chi connectivity index (χ0n) is 11.9. The van der Waals surface area contributed by atoms with Gasteiger partial charge in [-0.05, 0) is 29.8 Å². The number of hydrogen-bond donors (Lipinski definition) is 0. The quantitative estimate of drug-likeness (QED) is 0.467. The molecule has 1 amide bonds. The van der Waals surface area contributed by atoms with Gasteiger partial charge in [-0.15, -0.1) is 6.42 Å². The molecule has 0 aliphatic heterocycles. The Morgan fingerprint density at radius 2 is 1.82 bits per heavy atom. The molecule has 0 heterocycles. The van der Waals surface area contributed by atoms with Crippen LogP contribution in [0.4, 0.5) is 5.69 Å². The molecule has 0 bridgehead atoms. The van der Waals surface area contributed by atoms with E-state index >= 15 is 0 Å². The van der Waals surface area contributed by atoms with Crippen molar-refractivity contribution in [2.75, 3.05) is 11.4 Å². The van der Waals surface area contributed by atoms with Crippen LogP contribution in [0.15, 0.2) is 54.6 Å². The van der Waals surface area contributed by atoms with E-state index in [1.807, 2.05) is 30.3 Å². The van der Waals surface area contributed by atoms with Crippen molar-refractivity contribution >= 4 is 18.1 Å². The molecule has 0 saturated carbocycles. The van der Waals surface area contributed by atoms with Crippen molar-refractivity contribution in [3.05, 3.63) is 65.7 Å². The molecule has 4 heteroatoms. The minimum absolute atomic E-state index is 0.182. The first kappa shape index (κ1) is 15.3. The van der Waals surface area contributed by atoms with Crippen molar-refractivity contribution < 1.29 is 14.3 Å². The van der Waals surface area contributed by atoms with Gasteiger partial charge < -0.3 is 9.64 Å². The smallest absolute Gasteiger partial charge is 0.338 e. The first-order chi connectivity index (χ1) is 10.7. The number of terminal acetylenes is 1. The van der Waals surface area contributed by atoms with Crippen LogP contribution in [0, 0.1) is 12.3 Å². The van der Waals surface area contributed by atoms with Crippen LogP contribution in [0.5, 0.6) is 0 Å². The zero-order valence-corrected chi connectivity index (χ0v) is 11.9. The minimum atomic E-state index is -0.412. The number of benzene rings is 2. The largest absolute Gasteiger partial charge is 0.457 e. The molecular formula is C18H15NO3. The van der Waals surface area contributed by atoms with Crippen LogP contribution >= 0.6 is 0 Å². The van der Waals surface area contributed by atoms with E-state index in [0.29, 0.717) is 17.7 Å². The molecule has 0 saturated heterocycles. The maximum Gasteiger partial charge on any atom is 0.338 e. The summed E-state index contributed by atoms with van der Waals surface area (Å²) in [6.07, 6.45) is 5.85. The Balaban J connectivity index is 1.99. The zero-order chi connectivity index (χ0) is 15.8. The molecule has 2 aromatic rings. The standard InChI is InChI=1S/C18H15NO3/c1-2-12-19(14-20)17-10-8-16(9-11-17)18(21)22-13-15-6-4-3-5-7-15/h1,3-11,14H,12-13H2. The van der Waals surface area contributed by atoms with E-state index in [4.69, 9.17) is 11.2 Å². The highest BCUT2D eigenvalue weighted by atomic mass is 16.5. The number of carbonyl (C=O) groups is 2. The van der Waals surface area contributed by atoms with E-state index < -0.39 is 5.97 Å². The number of esters is 1. The number of ether oxygens (including phenoxy) is 1. The van der Waals surface area contributed by atoms with Crippen LogP contribution in [0.3, 0.4) is 0 Å². The van der Waals surface area contributed by atoms with Gasteiger partial charge in [0.15, 0.2) is 0 Å².